The first-order chi connectivity index (χ1) is 13.5. The molecule has 5 heteroatoms. The number of hydrogen-bond acceptors (Lipinski definition) is 3. The molecule has 1 aromatic carbocycles. The first-order valence-electron chi connectivity index (χ1n) is 10.2. The van der Waals surface area contributed by atoms with E-state index in [0.717, 1.165) is 28.1 Å². The van der Waals surface area contributed by atoms with Crippen LogP contribution in [0.15, 0.2) is 40.5 Å². The Kier molecular flexibility index (Phi) is 7.49. The van der Waals surface area contributed by atoms with Crippen LogP contribution in [-0.2, 0) is 9.59 Å². The number of ether oxygens (including phenoxy) is 1. The summed E-state index contributed by atoms with van der Waals surface area (Å²) in [5, 5.41) is 2.61. The average Bonchev–Trinajstić information content (AvgIpc) is 2.66. The molecule has 1 aliphatic heterocycles. The minimum absolute atomic E-state index is 0.154. The van der Waals surface area contributed by atoms with Crippen LogP contribution in [0, 0.1) is 5.92 Å². The summed E-state index contributed by atoms with van der Waals surface area (Å²) in [6.45, 7) is 4.35. The Balaban J connectivity index is 1.49. The lowest BCUT2D eigenvalue weighted by Crippen LogP contribution is -2.34. The van der Waals surface area contributed by atoms with Gasteiger partial charge in [0.2, 0.25) is 0 Å². The largest absolute Gasteiger partial charge is 0.492 e. The lowest BCUT2D eigenvalue weighted by atomic mass is 9.86. The number of hydrogen-bond donors (Lipinski definition) is 1. The van der Waals surface area contributed by atoms with Crippen LogP contribution in [0.5, 0.6) is 5.75 Å². The van der Waals surface area contributed by atoms with Crippen LogP contribution in [0.2, 0.25) is 0 Å². The second kappa shape index (κ2) is 10.1. The average molecular weight is 446 g/mol. The molecular weight excluding hydrogens is 418 g/mol. The Hall–Kier alpha value is -1.88. The molecule has 150 valence electrons. The van der Waals surface area contributed by atoms with Crippen molar-refractivity contribution in [2.75, 3.05) is 6.61 Å². The molecular formula is C23H28BrNO3. The number of carbonyl (C=O) groups excluding carboxylic acids is 2. The van der Waals surface area contributed by atoms with E-state index in [0.29, 0.717) is 12.3 Å². The number of ketones is 1. The Bertz CT molecular complexity index is 756. The molecule has 1 aromatic rings. The highest BCUT2D eigenvalue weighted by Crippen LogP contribution is 2.29. The van der Waals surface area contributed by atoms with Crippen LogP contribution in [0.1, 0.15) is 63.4 Å². The molecule has 0 bridgehead atoms. The number of benzene rings is 1. The number of nitrogens with one attached hydrogen (secondary N) is 1. The van der Waals surface area contributed by atoms with Gasteiger partial charge in [-0.3, -0.25) is 9.59 Å². The van der Waals surface area contributed by atoms with Crippen molar-refractivity contribution in [2.24, 2.45) is 5.92 Å². The molecule has 0 radical (unpaired) electrons. The van der Waals surface area contributed by atoms with Crippen LogP contribution in [0.4, 0.5) is 0 Å². The maximum atomic E-state index is 12.1. The standard InChI is InChI=1S/C23H28BrNO3/c1-16-13-21(26)19(23(27)25-16)14-18-10-11-22(20(24)15-18)28-12-6-5-9-17-7-3-2-4-8-17/h10-11,14-15,17H,1-9,12-13H2,(H,25,27)/b19-14+. The summed E-state index contributed by atoms with van der Waals surface area (Å²) < 4.78 is 6.72. The number of carbonyl (C=O) groups is 2. The molecule has 1 saturated carbocycles. The summed E-state index contributed by atoms with van der Waals surface area (Å²) in [6, 6.07) is 5.61. The van der Waals surface area contributed by atoms with Gasteiger partial charge in [-0.1, -0.05) is 51.2 Å². The van der Waals surface area contributed by atoms with Crippen molar-refractivity contribution in [1.82, 2.24) is 5.32 Å². The van der Waals surface area contributed by atoms with E-state index < -0.39 is 5.91 Å². The molecule has 0 aromatic heterocycles. The van der Waals surface area contributed by atoms with Crippen molar-refractivity contribution in [1.29, 1.82) is 0 Å². The zero-order chi connectivity index (χ0) is 19.9. The van der Waals surface area contributed by atoms with Crippen molar-refractivity contribution < 1.29 is 14.3 Å². The summed E-state index contributed by atoms with van der Waals surface area (Å²) in [5.74, 6) is 1.11. The molecule has 28 heavy (non-hydrogen) atoms. The highest BCUT2D eigenvalue weighted by molar-refractivity contribution is 9.10. The van der Waals surface area contributed by atoms with E-state index in [1.807, 2.05) is 18.2 Å². The zero-order valence-electron chi connectivity index (χ0n) is 16.3. The van der Waals surface area contributed by atoms with Crippen molar-refractivity contribution in [3.8, 4) is 5.75 Å². The number of rotatable bonds is 7. The predicted octanol–water partition coefficient (Wildman–Crippen LogP) is 5.56. The summed E-state index contributed by atoms with van der Waals surface area (Å²) in [6.07, 6.45) is 12.4. The van der Waals surface area contributed by atoms with Gasteiger partial charge in [-0.15, -0.1) is 0 Å². The fraction of sp³-hybridized carbons (Fsp3) is 0.478. The van der Waals surface area contributed by atoms with Gasteiger partial charge in [0, 0.05) is 5.70 Å². The smallest absolute Gasteiger partial charge is 0.259 e. The Morgan fingerprint density at radius 3 is 2.68 bits per heavy atom. The topological polar surface area (TPSA) is 55.4 Å². The van der Waals surface area contributed by atoms with Gasteiger partial charge in [0.1, 0.15) is 5.75 Å². The molecule has 3 rings (SSSR count). The third kappa shape index (κ3) is 5.81. The van der Waals surface area contributed by atoms with Crippen molar-refractivity contribution in [3.05, 3.63) is 46.1 Å². The van der Waals surface area contributed by atoms with E-state index in [2.05, 4.69) is 27.8 Å². The normalized spacial score (nSPS) is 19.8. The first-order valence-corrected chi connectivity index (χ1v) is 11.0. The first kappa shape index (κ1) is 20.8. The second-order valence-electron chi connectivity index (χ2n) is 7.75. The number of halogens is 1. The lowest BCUT2D eigenvalue weighted by Gasteiger charge is -2.21. The fourth-order valence-electron chi connectivity index (χ4n) is 3.92. The molecule has 4 nitrogen and oxygen atoms in total. The lowest BCUT2D eigenvalue weighted by molar-refractivity contribution is -0.123. The van der Waals surface area contributed by atoms with E-state index in [4.69, 9.17) is 4.74 Å². The predicted molar refractivity (Wildman–Crippen MR) is 115 cm³/mol. The van der Waals surface area contributed by atoms with Gasteiger partial charge in [-0.25, -0.2) is 0 Å². The van der Waals surface area contributed by atoms with E-state index >= 15 is 0 Å². The molecule has 2 aliphatic rings. The highest BCUT2D eigenvalue weighted by Gasteiger charge is 2.25. The van der Waals surface area contributed by atoms with Gasteiger partial charge >= 0.3 is 0 Å². The van der Waals surface area contributed by atoms with E-state index in [1.165, 1.54) is 44.9 Å². The SMILES string of the molecule is C=C1CC(=O)/C(=C\c2ccc(OCCCCC3CCCCC3)c(Br)c2)C(=O)N1. The van der Waals surface area contributed by atoms with Gasteiger partial charge in [-0.05, 0) is 58.5 Å². The molecule has 0 unspecified atom stereocenters. The Morgan fingerprint density at radius 1 is 1.18 bits per heavy atom. The van der Waals surface area contributed by atoms with Crippen LogP contribution in [0.3, 0.4) is 0 Å². The summed E-state index contributed by atoms with van der Waals surface area (Å²) >= 11 is 3.53. The number of amides is 1. The van der Waals surface area contributed by atoms with Crippen LogP contribution in [-0.4, -0.2) is 18.3 Å². The molecule has 1 amide bonds. The maximum absolute atomic E-state index is 12.1. The maximum Gasteiger partial charge on any atom is 0.259 e. The summed E-state index contributed by atoms with van der Waals surface area (Å²) in [5.41, 5.74) is 1.39. The monoisotopic (exact) mass is 445 g/mol. The van der Waals surface area contributed by atoms with Gasteiger partial charge in [0.15, 0.2) is 5.78 Å². The number of allylic oxidation sites excluding steroid dienone is 1. The van der Waals surface area contributed by atoms with Crippen molar-refractivity contribution >= 4 is 33.7 Å². The molecule has 1 heterocycles. The van der Waals surface area contributed by atoms with Gasteiger partial charge in [-0.2, -0.15) is 0 Å². The van der Waals surface area contributed by atoms with Crippen LogP contribution in [0.25, 0.3) is 6.08 Å². The van der Waals surface area contributed by atoms with Crippen molar-refractivity contribution in [2.45, 2.75) is 57.8 Å². The molecule has 1 N–H and O–H groups in total. The van der Waals surface area contributed by atoms with Gasteiger partial charge < -0.3 is 10.1 Å². The number of Topliss-reactive ketones (excluding diaryl/α,β-unsaturated/α-hetero) is 1. The van der Waals surface area contributed by atoms with Crippen molar-refractivity contribution in [3.63, 3.8) is 0 Å². The van der Waals surface area contributed by atoms with Crippen LogP contribution < -0.4 is 10.1 Å². The zero-order valence-corrected chi connectivity index (χ0v) is 17.9. The third-order valence-electron chi connectivity index (χ3n) is 5.47. The van der Waals surface area contributed by atoms with Gasteiger partial charge in [0.25, 0.3) is 5.91 Å². The number of piperidine rings is 1. The molecule has 2 fully saturated rings. The third-order valence-corrected chi connectivity index (χ3v) is 6.08. The fourth-order valence-corrected chi connectivity index (χ4v) is 4.43. The second-order valence-corrected chi connectivity index (χ2v) is 8.61. The van der Waals surface area contributed by atoms with E-state index in [1.54, 1.807) is 6.08 Å². The molecule has 0 atom stereocenters. The Labute approximate surface area is 175 Å². The molecule has 1 aliphatic carbocycles. The Morgan fingerprint density at radius 2 is 1.96 bits per heavy atom. The molecule has 0 spiro atoms. The van der Waals surface area contributed by atoms with E-state index in [-0.39, 0.29) is 17.8 Å². The summed E-state index contributed by atoms with van der Waals surface area (Å²) in [7, 11) is 0. The minimum Gasteiger partial charge on any atom is -0.492 e. The summed E-state index contributed by atoms with van der Waals surface area (Å²) in [4.78, 5) is 24.1. The van der Waals surface area contributed by atoms with Gasteiger partial charge in [0.05, 0.1) is 23.1 Å². The highest BCUT2D eigenvalue weighted by atomic mass is 79.9. The molecule has 1 saturated heterocycles. The van der Waals surface area contributed by atoms with Crippen LogP contribution >= 0.6 is 15.9 Å². The minimum atomic E-state index is -0.393. The van der Waals surface area contributed by atoms with E-state index in [9.17, 15) is 9.59 Å². The quantitative estimate of drug-likeness (QED) is 0.339. The number of unbranched alkanes of at least 4 members (excludes halogenated alkanes) is 1.